The van der Waals surface area contributed by atoms with Gasteiger partial charge in [0.25, 0.3) is 5.76 Å². The number of rotatable bonds is 6. The number of benzene rings is 3. The van der Waals surface area contributed by atoms with Crippen LogP contribution < -0.4 is 10.2 Å². The van der Waals surface area contributed by atoms with Gasteiger partial charge < -0.3 is 14.3 Å². The Labute approximate surface area is 217 Å². The molecule has 5 rings (SSSR count). The standard InChI is InChI=1S/C29H27F3N2O4/c1-19-6-5-9-21(16-19)37-27-25(36)22-10-11-24(35)23(26(22)38-28(27)29(30,31)32)18-34-14-12-33(13-15-34)17-20-7-3-2-4-8-20/h2-11,16,35H,12-15,17-18H2,1H3. The van der Waals surface area contributed by atoms with E-state index in [0.717, 1.165) is 25.2 Å². The van der Waals surface area contributed by atoms with Crippen molar-refractivity contribution in [3.63, 3.8) is 0 Å². The maximum absolute atomic E-state index is 14.1. The Morgan fingerprint density at radius 3 is 2.26 bits per heavy atom. The summed E-state index contributed by atoms with van der Waals surface area (Å²) in [5.41, 5.74) is 0.874. The fourth-order valence-electron chi connectivity index (χ4n) is 4.69. The van der Waals surface area contributed by atoms with E-state index in [2.05, 4.69) is 17.0 Å². The topological polar surface area (TPSA) is 66.2 Å². The molecule has 198 valence electrons. The number of phenols is 1. The first-order chi connectivity index (χ1) is 18.2. The van der Waals surface area contributed by atoms with Gasteiger partial charge in [0.15, 0.2) is 0 Å². The Hall–Kier alpha value is -3.82. The summed E-state index contributed by atoms with van der Waals surface area (Å²) in [6.07, 6.45) is -4.99. The zero-order valence-corrected chi connectivity index (χ0v) is 20.8. The molecule has 3 aromatic carbocycles. The molecule has 0 bridgehead atoms. The maximum Gasteiger partial charge on any atom is 0.453 e. The van der Waals surface area contributed by atoms with Crippen molar-refractivity contribution < 1.29 is 27.4 Å². The van der Waals surface area contributed by atoms with E-state index >= 15 is 0 Å². The molecule has 0 amide bonds. The summed E-state index contributed by atoms with van der Waals surface area (Å²) in [6, 6.07) is 19.1. The second-order valence-corrected chi connectivity index (χ2v) is 9.48. The summed E-state index contributed by atoms with van der Waals surface area (Å²) in [5, 5.41) is 10.5. The first-order valence-corrected chi connectivity index (χ1v) is 12.3. The van der Waals surface area contributed by atoms with Gasteiger partial charge in [-0.3, -0.25) is 14.6 Å². The van der Waals surface area contributed by atoms with Crippen LogP contribution in [0.4, 0.5) is 13.2 Å². The Morgan fingerprint density at radius 1 is 0.921 bits per heavy atom. The predicted octanol–water partition coefficient (Wildman–Crippen LogP) is 5.94. The summed E-state index contributed by atoms with van der Waals surface area (Å²) in [6.45, 7) is 5.51. The Balaban J connectivity index is 1.44. The lowest BCUT2D eigenvalue weighted by Gasteiger charge is -2.34. The third-order valence-electron chi connectivity index (χ3n) is 6.66. The number of ether oxygens (including phenoxy) is 1. The highest BCUT2D eigenvalue weighted by Gasteiger charge is 2.41. The van der Waals surface area contributed by atoms with Crippen molar-refractivity contribution in [3.05, 3.63) is 99.4 Å². The van der Waals surface area contributed by atoms with E-state index in [1.54, 1.807) is 19.1 Å². The third kappa shape index (κ3) is 5.54. The van der Waals surface area contributed by atoms with E-state index in [-0.39, 0.29) is 34.6 Å². The highest BCUT2D eigenvalue weighted by atomic mass is 19.4. The first-order valence-electron chi connectivity index (χ1n) is 12.3. The Kier molecular flexibility index (Phi) is 7.14. The van der Waals surface area contributed by atoms with E-state index in [4.69, 9.17) is 9.15 Å². The number of alkyl halides is 3. The van der Waals surface area contributed by atoms with Crippen LogP contribution in [0.1, 0.15) is 22.5 Å². The molecule has 0 saturated carbocycles. The molecule has 1 N–H and O–H groups in total. The van der Waals surface area contributed by atoms with Crippen LogP contribution in [0.3, 0.4) is 0 Å². The number of piperazine rings is 1. The fraction of sp³-hybridized carbons (Fsp3) is 0.276. The monoisotopic (exact) mass is 524 g/mol. The molecule has 0 spiro atoms. The Morgan fingerprint density at radius 2 is 1.61 bits per heavy atom. The van der Waals surface area contributed by atoms with Crippen molar-refractivity contribution in [1.29, 1.82) is 0 Å². The van der Waals surface area contributed by atoms with Gasteiger partial charge in [0, 0.05) is 39.3 Å². The molecule has 6 nitrogen and oxygen atoms in total. The minimum absolute atomic E-state index is 0.0869. The van der Waals surface area contributed by atoms with Gasteiger partial charge in [-0.1, -0.05) is 42.5 Å². The lowest BCUT2D eigenvalue weighted by molar-refractivity contribution is -0.154. The molecule has 0 unspecified atom stereocenters. The molecular formula is C29H27F3N2O4. The summed E-state index contributed by atoms with van der Waals surface area (Å²) in [5.74, 6) is -2.60. The van der Waals surface area contributed by atoms with Crippen molar-refractivity contribution in [3.8, 4) is 17.2 Å². The van der Waals surface area contributed by atoms with Crippen LogP contribution in [0.25, 0.3) is 11.0 Å². The van der Waals surface area contributed by atoms with Gasteiger partial charge in [0.1, 0.15) is 17.1 Å². The molecule has 38 heavy (non-hydrogen) atoms. The zero-order chi connectivity index (χ0) is 26.9. The lowest BCUT2D eigenvalue weighted by atomic mass is 10.1. The van der Waals surface area contributed by atoms with Crippen LogP contribution in [-0.4, -0.2) is 41.1 Å². The molecule has 1 aliphatic heterocycles. The summed E-state index contributed by atoms with van der Waals surface area (Å²) in [4.78, 5) is 17.6. The van der Waals surface area contributed by atoms with Crippen LogP contribution >= 0.6 is 0 Å². The highest BCUT2D eigenvalue weighted by molar-refractivity contribution is 5.83. The van der Waals surface area contributed by atoms with Gasteiger partial charge >= 0.3 is 6.18 Å². The normalized spacial score (nSPS) is 15.2. The van der Waals surface area contributed by atoms with E-state index in [0.29, 0.717) is 13.1 Å². The number of halogens is 3. The second-order valence-electron chi connectivity index (χ2n) is 9.48. The van der Waals surface area contributed by atoms with E-state index < -0.39 is 23.1 Å². The minimum atomic E-state index is -4.99. The van der Waals surface area contributed by atoms with Gasteiger partial charge in [-0.25, -0.2) is 0 Å². The third-order valence-corrected chi connectivity index (χ3v) is 6.66. The minimum Gasteiger partial charge on any atom is -0.507 e. The predicted molar refractivity (Wildman–Crippen MR) is 137 cm³/mol. The van der Waals surface area contributed by atoms with Crippen molar-refractivity contribution >= 4 is 11.0 Å². The summed E-state index contributed by atoms with van der Waals surface area (Å²) in [7, 11) is 0. The smallest absolute Gasteiger partial charge is 0.453 e. The van der Waals surface area contributed by atoms with Crippen LogP contribution in [0, 0.1) is 6.92 Å². The number of aryl methyl sites for hydroxylation is 1. The molecular weight excluding hydrogens is 497 g/mol. The number of fused-ring (bicyclic) bond motifs is 1. The number of aromatic hydroxyl groups is 1. The van der Waals surface area contributed by atoms with E-state index in [1.807, 2.05) is 23.1 Å². The SMILES string of the molecule is Cc1cccc(Oc2c(C(F)(F)F)oc3c(CN4CCN(Cc5ccccc5)CC4)c(O)ccc3c2=O)c1. The van der Waals surface area contributed by atoms with Crippen LogP contribution in [-0.2, 0) is 19.3 Å². The largest absolute Gasteiger partial charge is 0.507 e. The first kappa shape index (κ1) is 25.8. The molecule has 1 aromatic heterocycles. The number of hydrogen-bond donors (Lipinski definition) is 1. The van der Waals surface area contributed by atoms with Crippen LogP contribution in [0.15, 0.2) is 75.9 Å². The average molecular weight is 525 g/mol. The number of hydrogen-bond acceptors (Lipinski definition) is 6. The van der Waals surface area contributed by atoms with Crippen molar-refractivity contribution in [2.75, 3.05) is 26.2 Å². The van der Waals surface area contributed by atoms with Gasteiger partial charge in [0.2, 0.25) is 11.2 Å². The second kappa shape index (κ2) is 10.5. The molecule has 0 aliphatic carbocycles. The summed E-state index contributed by atoms with van der Waals surface area (Å²) < 4.78 is 53.0. The van der Waals surface area contributed by atoms with Gasteiger partial charge in [-0.15, -0.1) is 0 Å². The highest BCUT2D eigenvalue weighted by Crippen LogP contribution is 2.40. The van der Waals surface area contributed by atoms with Gasteiger partial charge in [-0.05, 0) is 42.3 Å². The molecule has 1 aliphatic rings. The average Bonchev–Trinajstić information content (AvgIpc) is 2.88. The fourth-order valence-corrected chi connectivity index (χ4v) is 4.69. The maximum atomic E-state index is 14.1. The number of nitrogens with zero attached hydrogens (tertiary/aromatic N) is 2. The van der Waals surface area contributed by atoms with E-state index in [1.165, 1.54) is 29.8 Å². The quantitative estimate of drug-likeness (QED) is 0.337. The summed E-state index contributed by atoms with van der Waals surface area (Å²) >= 11 is 0. The lowest BCUT2D eigenvalue weighted by Crippen LogP contribution is -2.45. The van der Waals surface area contributed by atoms with Gasteiger partial charge in [0.05, 0.1) is 10.9 Å². The van der Waals surface area contributed by atoms with Crippen molar-refractivity contribution in [2.45, 2.75) is 26.2 Å². The molecule has 0 radical (unpaired) electrons. The molecule has 0 atom stereocenters. The van der Waals surface area contributed by atoms with Crippen LogP contribution in [0.5, 0.6) is 17.2 Å². The molecule has 1 saturated heterocycles. The molecule has 2 heterocycles. The number of phenolic OH excluding ortho intramolecular Hbond substituents is 1. The molecule has 1 fully saturated rings. The van der Waals surface area contributed by atoms with Crippen LogP contribution in [0.2, 0.25) is 0 Å². The van der Waals surface area contributed by atoms with E-state index in [9.17, 15) is 23.1 Å². The van der Waals surface area contributed by atoms with Crippen molar-refractivity contribution in [1.82, 2.24) is 9.80 Å². The van der Waals surface area contributed by atoms with Gasteiger partial charge in [-0.2, -0.15) is 13.2 Å². The zero-order valence-electron chi connectivity index (χ0n) is 20.8. The molecule has 9 heteroatoms. The Bertz CT molecular complexity index is 1490. The van der Waals surface area contributed by atoms with Crippen molar-refractivity contribution in [2.24, 2.45) is 0 Å². The molecule has 4 aromatic rings.